The van der Waals surface area contributed by atoms with E-state index in [2.05, 4.69) is 9.61 Å². The van der Waals surface area contributed by atoms with Crippen LogP contribution in [-0.4, -0.2) is 26.7 Å². The summed E-state index contributed by atoms with van der Waals surface area (Å²) in [4.78, 5) is 0. The summed E-state index contributed by atoms with van der Waals surface area (Å²) in [5.74, 6) is 0.184. The number of hydrogen-bond acceptors (Lipinski definition) is 4. The molecule has 1 N–H and O–H groups in total. The van der Waals surface area contributed by atoms with Crippen LogP contribution in [0.5, 0.6) is 0 Å². The second kappa shape index (κ2) is 3.87. The van der Waals surface area contributed by atoms with Gasteiger partial charge in [-0.25, -0.2) is 13.5 Å². The van der Waals surface area contributed by atoms with Crippen LogP contribution in [-0.2, 0) is 18.9 Å². The quantitative estimate of drug-likeness (QED) is 0.675. The van der Waals surface area contributed by atoms with Gasteiger partial charge in [0.15, 0.2) is 9.84 Å². The van der Waals surface area contributed by atoms with Crippen molar-refractivity contribution in [2.45, 2.75) is 18.2 Å². The molecule has 0 aromatic carbocycles. The minimum atomic E-state index is -3.06. The lowest BCUT2D eigenvalue weighted by atomic mass is 10.3. The van der Waals surface area contributed by atoms with Crippen LogP contribution in [0, 0.1) is 0 Å². The first-order chi connectivity index (χ1) is 5.56. The predicted molar refractivity (Wildman–Crippen MR) is 46.0 cm³/mol. The summed E-state index contributed by atoms with van der Waals surface area (Å²) >= 11 is 0. The molecule has 12 heavy (non-hydrogen) atoms. The molecule has 1 aliphatic heterocycles. The van der Waals surface area contributed by atoms with Gasteiger partial charge in [-0.2, -0.15) is 0 Å². The van der Waals surface area contributed by atoms with Gasteiger partial charge in [0.25, 0.3) is 8.18 Å². The Kier molecular flexibility index (Phi) is 3.29. The van der Waals surface area contributed by atoms with Crippen molar-refractivity contribution in [1.29, 1.82) is 0 Å². The smallest absolute Gasteiger partial charge is 0.259 e. The molecule has 0 radical (unpaired) electrons. The standard InChI is InChI=1S/C5H12NO4PS/c1-10-11(7)6-5-3-2-4-12(5,8)9/h5,11H,2-4H2,1H3,(H,6,7). The van der Waals surface area contributed by atoms with Crippen LogP contribution in [0.1, 0.15) is 12.8 Å². The van der Waals surface area contributed by atoms with Crippen LogP contribution in [0.15, 0.2) is 0 Å². The van der Waals surface area contributed by atoms with E-state index in [0.717, 1.165) is 0 Å². The van der Waals surface area contributed by atoms with Crippen LogP contribution < -0.4 is 5.09 Å². The molecule has 0 spiro atoms. The van der Waals surface area contributed by atoms with Crippen molar-refractivity contribution in [3.05, 3.63) is 0 Å². The average Bonchev–Trinajstić information content (AvgIpc) is 2.31. The molecule has 5 nitrogen and oxygen atoms in total. The molecule has 0 aromatic rings. The minimum absolute atomic E-state index is 0.184. The molecule has 0 amide bonds. The zero-order valence-electron chi connectivity index (χ0n) is 6.74. The molecular weight excluding hydrogens is 201 g/mol. The molecule has 1 saturated heterocycles. The van der Waals surface area contributed by atoms with Crippen molar-refractivity contribution in [2.75, 3.05) is 12.9 Å². The van der Waals surface area contributed by atoms with Gasteiger partial charge in [-0.15, -0.1) is 0 Å². The first kappa shape index (κ1) is 10.2. The summed E-state index contributed by atoms with van der Waals surface area (Å²) in [6.07, 6.45) is 1.17. The van der Waals surface area contributed by atoms with Gasteiger partial charge in [-0.1, -0.05) is 0 Å². The van der Waals surface area contributed by atoms with Gasteiger partial charge in [-0.05, 0) is 12.8 Å². The predicted octanol–water partition coefficient (Wildman–Crippen LogP) is 0.147. The summed E-state index contributed by atoms with van der Waals surface area (Å²) in [5, 5.41) is 1.79. The van der Waals surface area contributed by atoms with Gasteiger partial charge in [-0.3, -0.25) is 4.57 Å². The van der Waals surface area contributed by atoms with Crippen LogP contribution in [0.25, 0.3) is 0 Å². The first-order valence-corrected chi connectivity index (χ1v) is 6.65. The second-order valence-corrected chi connectivity index (χ2v) is 6.21. The van der Waals surface area contributed by atoms with Crippen molar-refractivity contribution in [1.82, 2.24) is 5.09 Å². The fraction of sp³-hybridized carbons (Fsp3) is 1.00. The van der Waals surface area contributed by atoms with E-state index in [1.807, 2.05) is 0 Å². The summed E-state index contributed by atoms with van der Waals surface area (Å²) in [6.45, 7) is 0. The Morgan fingerprint density at radius 3 is 2.67 bits per heavy atom. The summed E-state index contributed by atoms with van der Waals surface area (Å²) in [7, 11) is -4.13. The van der Waals surface area contributed by atoms with Gasteiger partial charge in [0.1, 0.15) is 5.37 Å². The van der Waals surface area contributed by atoms with E-state index >= 15 is 0 Å². The fourth-order valence-electron chi connectivity index (χ4n) is 1.14. The molecule has 0 saturated carbocycles. The normalized spacial score (nSPS) is 30.2. The van der Waals surface area contributed by atoms with E-state index in [1.54, 1.807) is 0 Å². The lowest BCUT2D eigenvalue weighted by Gasteiger charge is -2.09. The largest absolute Gasteiger partial charge is 0.323 e. The number of nitrogens with one attached hydrogen (secondary N) is 1. The maximum Gasteiger partial charge on any atom is 0.259 e. The lowest BCUT2D eigenvalue weighted by Crippen LogP contribution is -2.28. The van der Waals surface area contributed by atoms with Crippen molar-refractivity contribution >= 4 is 18.0 Å². The van der Waals surface area contributed by atoms with Crippen molar-refractivity contribution in [3.63, 3.8) is 0 Å². The fourth-order valence-corrected chi connectivity index (χ4v) is 4.06. The highest BCUT2D eigenvalue weighted by Gasteiger charge is 2.31. The topological polar surface area (TPSA) is 72.5 Å². The highest BCUT2D eigenvalue weighted by atomic mass is 32.2. The zero-order valence-corrected chi connectivity index (χ0v) is 8.56. The van der Waals surface area contributed by atoms with Gasteiger partial charge >= 0.3 is 0 Å². The van der Waals surface area contributed by atoms with Crippen molar-refractivity contribution in [3.8, 4) is 0 Å². The third-order valence-electron chi connectivity index (χ3n) is 1.79. The molecule has 72 valence electrons. The summed E-state index contributed by atoms with van der Waals surface area (Å²) in [5.41, 5.74) is 0. The summed E-state index contributed by atoms with van der Waals surface area (Å²) < 4.78 is 37.7. The van der Waals surface area contributed by atoms with E-state index in [0.29, 0.717) is 12.8 Å². The Balaban J connectivity index is 2.59. The van der Waals surface area contributed by atoms with Crippen LogP contribution >= 0.6 is 8.18 Å². The third-order valence-corrected chi connectivity index (χ3v) is 5.04. The molecule has 1 fully saturated rings. The molecule has 2 atom stereocenters. The van der Waals surface area contributed by atoms with E-state index in [9.17, 15) is 13.0 Å². The van der Waals surface area contributed by atoms with Crippen LogP contribution in [0.4, 0.5) is 0 Å². The highest BCUT2D eigenvalue weighted by Crippen LogP contribution is 2.24. The van der Waals surface area contributed by atoms with Gasteiger partial charge in [0.2, 0.25) is 0 Å². The van der Waals surface area contributed by atoms with E-state index < -0.39 is 23.4 Å². The maximum atomic E-state index is 11.2. The second-order valence-electron chi connectivity index (χ2n) is 2.63. The number of hydrogen-bond donors (Lipinski definition) is 1. The Hall–Kier alpha value is 0.100. The van der Waals surface area contributed by atoms with Gasteiger partial charge in [0, 0.05) is 7.11 Å². The Morgan fingerprint density at radius 2 is 2.25 bits per heavy atom. The molecule has 1 rings (SSSR count). The van der Waals surface area contributed by atoms with Crippen molar-refractivity contribution < 1.29 is 17.5 Å². The molecule has 0 bridgehead atoms. The Labute approximate surface area is 72.3 Å². The minimum Gasteiger partial charge on any atom is -0.323 e. The van der Waals surface area contributed by atoms with Gasteiger partial charge < -0.3 is 4.52 Å². The number of rotatable bonds is 3. The highest BCUT2D eigenvalue weighted by molar-refractivity contribution is 7.92. The van der Waals surface area contributed by atoms with E-state index in [4.69, 9.17) is 0 Å². The molecule has 0 aliphatic carbocycles. The molecular formula is C5H12NO4PS. The third kappa shape index (κ3) is 2.29. The van der Waals surface area contributed by atoms with E-state index in [-0.39, 0.29) is 5.75 Å². The van der Waals surface area contributed by atoms with Crippen LogP contribution in [0.3, 0.4) is 0 Å². The Bertz CT molecular complexity index is 275. The van der Waals surface area contributed by atoms with Crippen molar-refractivity contribution in [2.24, 2.45) is 0 Å². The molecule has 1 heterocycles. The molecule has 0 aromatic heterocycles. The Morgan fingerprint density at radius 1 is 1.58 bits per heavy atom. The average molecular weight is 213 g/mol. The lowest BCUT2D eigenvalue weighted by molar-refractivity contribution is 0.401. The summed E-state index contributed by atoms with van der Waals surface area (Å²) in [6, 6.07) is 0. The molecule has 2 unspecified atom stereocenters. The maximum absolute atomic E-state index is 11.2. The monoisotopic (exact) mass is 213 g/mol. The number of sulfone groups is 1. The first-order valence-electron chi connectivity index (χ1n) is 3.62. The SMILES string of the molecule is CO[PH](=O)NC1CCCS1(=O)=O. The molecule has 7 heteroatoms. The zero-order chi connectivity index (χ0) is 9.19. The van der Waals surface area contributed by atoms with Crippen LogP contribution in [0.2, 0.25) is 0 Å². The van der Waals surface area contributed by atoms with E-state index in [1.165, 1.54) is 7.11 Å². The molecule has 1 aliphatic rings. The van der Waals surface area contributed by atoms with Gasteiger partial charge in [0.05, 0.1) is 5.75 Å².